The van der Waals surface area contributed by atoms with Crippen molar-refractivity contribution >= 4 is 22.2 Å². The lowest BCUT2D eigenvalue weighted by Crippen LogP contribution is -2.52. The standard InChI is InChI=1S/C47H54N2O8/c1-56-41-22-28(6-14-37(41)51)7-15-38(52)44-39(53)24-29(31-25-40(54)45(55)42(26-31)57-2)8-11-35-34-12-10-33(50)23-30(34)9-13-36(35)49-43-27-32(16-21-48-43)47(44)20-5-19-46(47)17-3-4-18-46/h6,9-10,12-14,16,22-23,25-27,29,38,44,48-52,54-55H,3-5,7-8,11,15,17-21,24H2,1-2H3/t29-,38+,44+,47+/m0/s1. The Morgan fingerprint density at radius 1 is 0.860 bits per heavy atom. The number of ether oxygens (including phenoxy) is 2. The number of aliphatic hydroxyl groups is 1. The summed E-state index contributed by atoms with van der Waals surface area (Å²) < 4.78 is 10.9. The molecule has 10 heteroatoms. The zero-order valence-corrected chi connectivity index (χ0v) is 32.8. The number of hydrogen-bond acceptors (Lipinski definition) is 10. The van der Waals surface area contributed by atoms with Gasteiger partial charge in [0.1, 0.15) is 17.4 Å². The van der Waals surface area contributed by atoms with E-state index < -0.39 is 23.4 Å². The van der Waals surface area contributed by atoms with Gasteiger partial charge in [-0.15, -0.1) is 0 Å². The summed E-state index contributed by atoms with van der Waals surface area (Å²) in [7, 11) is 2.95. The van der Waals surface area contributed by atoms with E-state index in [4.69, 9.17) is 9.47 Å². The van der Waals surface area contributed by atoms with E-state index >= 15 is 4.79 Å². The molecule has 2 aliphatic carbocycles. The molecule has 0 amide bonds. The molecule has 2 saturated carbocycles. The SMILES string of the molecule is COc1cc(CC[C@@H](O)[C@@H]2C(=O)C[C@@H](c3cc(O)c(O)c(OC)c3)CCc3c(ccc4cc(O)ccc34)NC3=CC(=CCN3)[C@]23CCCC32CCCC2)ccc1O. The van der Waals surface area contributed by atoms with Crippen molar-refractivity contribution < 1.29 is 39.8 Å². The van der Waals surface area contributed by atoms with Crippen LogP contribution in [0.15, 0.2) is 84.2 Å². The molecule has 10 nitrogen and oxygen atoms in total. The molecule has 57 heavy (non-hydrogen) atoms. The van der Waals surface area contributed by atoms with Crippen molar-refractivity contribution in [3.63, 3.8) is 0 Å². The maximum Gasteiger partial charge on any atom is 0.200 e. The van der Waals surface area contributed by atoms with Crippen molar-refractivity contribution in [2.45, 2.75) is 89.1 Å². The van der Waals surface area contributed by atoms with Crippen LogP contribution in [-0.2, 0) is 17.6 Å². The Hall–Kier alpha value is -5.35. The monoisotopic (exact) mass is 774 g/mol. The first-order chi connectivity index (χ1) is 27.6. The van der Waals surface area contributed by atoms with Crippen LogP contribution in [0.2, 0.25) is 0 Å². The third kappa shape index (κ3) is 6.92. The number of phenolic OH excluding ortho intramolecular Hbond substituents is 4. The Bertz CT molecular complexity index is 2230. The van der Waals surface area contributed by atoms with Crippen LogP contribution in [0.5, 0.6) is 34.5 Å². The van der Waals surface area contributed by atoms with Crippen molar-refractivity contribution in [3.8, 4) is 34.5 Å². The third-order valence-corrected chi connectivity index (χ3v) is 13.7. The van der Waals surface area contributed by atoms with Gasteiger partial charge < -0.3 is 45.6 Å². The molecule has 4 aromatic carbocycles. The second-order valence-electron chi connectivity index (χ2n) is 16.6. The van der Waals surface area contributed by atoms with Gasteiger partial charge in [0.25, 0.3) is 0 Å². The average Bonchev–Trinajstić information content (AvgIpc) is 3.84. The highest BCUT2D eigenvalue weighted by atomic mass is 16.5. The number of Topliss-reactive ketones (excluding diaryl/α,β-unsaturated/α-hetero) is 1. The Morgan fingerprint density at radius 3 is 2.44 bits per heavy atom. The van der Waals surface area contributed by atoms with Gasteiger partial charge in [0.05, 0.1) is 26.2 Å². The number of hydrogen-bond donors (Lipinski definition) is 7. The summed E-state index contributed by atoms with van der Waals surface area (Å²) in [6, 6.07) is 17.9. The van der Waals surface area contributed by atoms with Gasteiger partial charge in [-0.2, -0.15) is 0 Å². The van der Waals surface area contributed by atoms with E-state index in [-0.39, 0.29) is 46.4 Å². The molecule has 0 saturated heterocycles. The van der Waals surface area contributed by atoms with Crippen molar-refractivity contribution in [3.05, 3.63) is 101 Å². The minimum atomic E-state index is -0.976. The number of aliphatic hydroxyl groups excluding tert-OH is 1. The molecule has 4 atom stereocenters. The maximum atomic E-state index is 15.7. The highest BCUT2D eigenvalue weighted by Crippen LogP contribution is 2.69. The van der Waals surface area contributed by atoms with Gasteiger partial charge in [-0.1, -0.05) is 43.5 Å². The minimum absolute atomic E-state index is 0.0138. The number of methoxy groups -OCH3 is 2. The largest absolute Gasteiger partial charge is 0.508 e. The first-order valence-corrected chi connectivity index (χ1v) is 20.4. The number of nitrogens with one attached hydrogen (secondary N) is 2. The lowest BCUT2D eigenvalue weighted by Gasteiger charge is -2.52. The second kappa shape index (κ2) is 15.5. The molecule has 2 aliphatic heterocycles. The molecule has 2 heterocycles. The third-order valence-electron chi connectivity index (χ3n) is 13.7. The molecule has 2 bridgehead atoms. The number of benzene rings is 4. The Balaban J connectivity index is 1.30. The lowest BCUT2D eigenvalue weighted by molar-refractivity contribution is -0.137. The van der Waals surface area contributed by atoms with Gasteiger partial charge in [0.15, 0.2) is 23.0 Å². The lowest BCUT2D eigenvalue weighted by atomic mass is 9.51. The summed E-state index contributed by atoms with van der Waals surface area (Å²) >= 11 is 0. The van der Waals surface area contributed by atoms with Crippen LogP contribution < -0.4 is 20.1 Å². The van der Waals surface area contributed by atoms with Crippen molar-refractivity contribution in [2.75, 3.05) is 26.1 Å². The molecular weight excluding hydrogens is 721 g/mol. The second-order valence-corrected chi connectivity index (χ2v) is 16.6. The normalized spacial score (nSPS) is 23.7. The van der Waals surface area contributed by atoms with Crippen LogP contribution in [0, 0.1) is 16.7 Å². The Kier molecular flexibility index (Phi) is 10.5. The quantitative estimate of drug-likeness (QED) is 0.0908. The minimum Gasteiger partial charge on any atom is -0.508 e. The van der Waals surface area contributed by atoms with Gasteiger partial charge >= 0.3 is 0 Å². The van der Waals surface area contributed by atoms with E-state index in [9.17, 15) is 25.5 Å². The number of fused-ring (bicyclic) bond motifs is 6. The van der Waals surface area contributed by atoms with Crippen LogP contribution in [0.3, 0.4) is 0 Å². The van der Waals surface area contributed by atoms with Gasteiger partial charge in [-0.3, -0.25) is 4.79 Å². The molecule has 0 aromatic heterocycles. The molecule has 8 rings (SSSR count). The predicted molar refractivity (Wildman–Crippen MR) is 220 cm³/mol. The first-order valence-electron chi connectivity index (χ1n) is 20.4. The summed E-state index contributed by atoms with van der Waals surface area (Å²) in [5, 5.41) is 64.1. The fourth-order valence-electron chi connectivity index (χ4n) is 11.2. The number of aromatic hydroxyl groups is 4. The van der Waals surface area contributed by atoms with Crippen LogP contribution in [0.25, 0.3) is 10.8 Å². The van der Waals surface area contributed by atoms with Crippen molar-refractivity contribution in [1.82, 2.24) is 5.32 Å². The van der Waals surface area contributed by atoms with Crippen molar-refractivity contribution in [1.29, 1.82) is 0 Å². The van der Waals surface area contributed by atoms with Crippen LogP contribution in [0.1, 0.15) is 86.8 Å². The number of ketones is 1. The number of dihydropyridines is 1. The fraction of sp³-hybridized carbons (Fsp3) is 0.426. The fourth-order valence-corrected chi connectivity index (χ4v) is 11.2. The molecule has 0 radical (unpaired) electrons. The zero-order valence-electron chi connectivity index (χ0n) is 32.8. The molecule has 4 aliphatic rings. The Morgan fingerprint density at radius 2 is 1.65 bits per heavy atom. The number of anilines is 1. The highest BCUT2D eigenvalue weighted by molar-refractivity contribution is 5.91. The number of allylic oxidation sites excluding steroid dienone is 2. The van der Waals surface area contributed by atoms with E-state index in [0.717, 1.165) is 83.9 Å². The van der Waals surface area contributed by atoms with Crippen LogP contribution >= 0.6 is 0 Å². The van der Waals surface area contributed by atoms with Gasteiger partial charge in [-0.05, 0) is 144 Å². The Labute approximate surface area is 333 Å². The number of phenols is 4. The number of carbonyl (C=O) groups is 1. The highest BCUT2D eigenvalue weighted by Gasteiger charge is 2.63. The van der Waals surface area contributed by atoms with E-state index in [0.29, 0.717) is 43.5 Å². The van der Waals surface area contributed by atoms with E-state index in [1.165, 1.54) is 20.3 Å². The summed E-state index contributed by atoms with van der Waals surface area (Å²) in [5.41, 5.74) is 3.82. The molecule has 2 spiro atoms. The molecule has 2 fully saturated rings. The topological polar surface area (TPSA) is 161 Å². The molecule has 300 valence electrons. The smallest absolute Gasteiger partial charge is 0.200 e. The summed E-state index contributed by atoms with van der Waals surface area (Å²) in [4.78, 5) is 15.7. The summed E-state index contributed by atoms with van der Waals surface area (Å²) in [6.07, 6.45) is 12.3. The zero-order chi connectivity index (χ0) is 39.9. The van der Waals surface area contributed by atoms with Gasteiger partial charge in [-0.25, -0.2) is 0 Å². The van der Waals surface area contributed by atoms with Crippen molar-refractivity contribution in [2.24, 2.45) is 16.7 Å². The van der Waals surface area contributed by atoms with E-state index in [2.05, 4.69) is 22.8 Å². The number of aryl methyl sites for hydroxylation is 2. The van der Waals surface area contributed by atoms with E-state index in [1.807, 2.05) is 24.3 Å². The molecule has 0 unspecified atom stereocenters. The molecule has 7 N–H and O–H groups in total. The first kappa shape index (κ1) is 38.5. The van der Waals surface area contributed by atoms with Crippen LogP contribution in [-0.4, -0.2) is 58.2 Å². The number of rotatable bonds is 7. The summed E-state index contributed by atoms with van der Waals surface area (Å²) in [6.45, 7) is 0.572. The maximum absolute atomic E-state index is 15.7. The van der Waals surface area contributed by atoms with Crippen LogP contribution in [0.4, 0.5) is 5.69 Å². The summed E-state index contributed by atoms with van der Waals surface area (Å²) in [5.74, 6) is -0.268. The van der Waals surface area contributed by atoms with E-state index in [1.54, 1.807) is 30.3 Å². The van der Waals surface area contributed by atoms with Gasteiger partial charge in [0.2, 0.25) is 5.75 Å². The predicted octanol–water partition coefficient (Wildman–Crippen LogP) is 8.49. The molecule has 4 aromatic rings. The van der Waals surface area contributed by atoms with Gasteiger partial charge in [0, 0.05) is 24.1 Å². The molecular formula is C47H54N2O8. The number of carbonyl (C=O) groups excluding carboxylic acids is 1. The average molecular weight is 775 g/mol.